The Balaban J connectivity index is 1.52. The number of anilines is 2. The van der Waals surface area contributed by atoms with Crippen LogP contribution in [0.4, 0.5) is 17.5 Å². The van der Waals surface area contributed by atoms with Crippen LogP contribution in [0, 0.1) is 10.1 Å². The molecule has 3 heterocycles. The third kappa shape index (κ3) is 3.43. The minimum Gasteiger partial charge on any atom is -0.366 e. The molecule has 0 radical (unpaired) electrons. The van der Waals surface area contributed by atoms with Gasteiger partial charge in [-0.3, -0.25) is 14.9 Å². The summed E-state index contributed by atoms with van der Waals surface area (Å²) in [5.74, 6) is 0.936. The lowest BCUT2D eigenvalue weighted by atomic mass is 10.2. The molecule has 0 bridgehead atoms. The molecule has 0 atom stereocenters. The topological polar surface area (TPSA) is 134 Å². The van der Waals surface area contributed by atoms with Crippen LogP contribution in [0.2, 0.25) is 0 Å². The highest BCUT2D eigenvalue weighted by Crippen LogP contribution is 2.23. The second-order valence-corrected chi connectivity index (χ2v) is 6.61. The number of aromatic amines is 1. The van der Waals surface area contributed by atoms with Crippen LogP contribution in [0.5, 0.6) is 0 Å². The van der Waals surface area contributed by atoms with Crippen molar-refractivity contribution in [2.45, 2.75) is 6.42 Å². The van der Waals surface area contributed by atoms with E-state index in [0.717, 1.165) is 25.3 Å². The van der Waals surface area contributed by atoms with Crippen molar-refractivity contribution in [2.24, 2.45) is 5.73 Å². The van der Waals surface area contributed by atoms with Gasteiger partial charge >= 0.3 is 0 Å². The zero-order valence-electron chi connectivity index (χ0n) is 15.0. The number of primary amides is 1. The lowest BCUT2D eigenvalue weighted by Crippen LogP contribution is -2.31. The van der Waals surface area contributed by atoms with E-state index in [0.29, 0.717) is 35.6 Å². The molecule has 0 unspecified atom stereocenters. The fourth-order valence-corrected chi connectivity index (χ4v) is 3.35. The molecule has 3 N–H and O–H groups in total. The standard InChI is InChI=1S/C18H19N7O3/c19-17(26)12-4-5-20-16(10-12)23-6-1-7-24(9-8-23)18-21-14-3-2-13(25(27)28)11-15(14)22-18/h2-5,10-11H,1,6-9H2,(H2,19,26)(H,21,22). The maximum Gasteiger partial charge on any atom is 0.271 e. The molecular weight excluding hydrogens is 362 g/mol. The molecule has 1 aromatic carbocycles. The summed E-state index contributed by atoms with van der Waals surface area (Å²) < 4.78 is 0. The SMILES string of the molecule is NC(=O)c1ccnc(N2CCCN(c3nc4ccc([N+](=O)[O-])cc4[nH]3)CC2)c1. The van der Waals surface area contributed by atoms with Gasteiger partial charge in [0.15, 0.2) is 0 Å². The molecular formula is C18H19N7O3. The number of carbonyl (C=O) groups excluding carboxylic acids is 1. The number of amides is 1. The molecule has 144 valence electrons. The number of rotatable bonds is 4. The van der Waals surface area contributed by atoms with Crippen LogP contribution in [-0.4, -0.2) is 52.0 Å². The maximum atomic E-state index is 11.4. The summed E-state index contributed by atoms with van der Waals surface area (Å²) in [6.07, 6.45) is 2.46. The van der Waals surface area contributed by atoms with E-state index < -0.39 is 10.8 Å². The number of nitro groups is 1. The Hall–Kier alpha value is -3.69. The number of hydrogen-bond donors (Lipinski definition) is 2. The van der Waals surface area contributed by atoms with Gasteiger partial charge in [0.1, 0.15) is 5.82 Å². The molecule has 10 nitrogen and oxygen atoms in total. The number of non-ortho nitro benzene ring substituents is 1. The van der Waals surface area contributed by atoms with E-state index in [1.54, 1.807) is 24.4 Å². The van der Waals surface area contributed by atoms with Gasteiger partial charge in [-0.1, -0.05) is 0 Å². The first kappa shape index (κ1) is 17.7. The summed E-state index contributed by atoms with van der Waals surface area (Å²) >= 11 is 0. The summed E-state index contributed by atoms with van der Waals surface area (Å²) in [6, 6.07) is 7.91. The minimum atomic E-state index is -0.475. The van der Waals surface area contributed by atoms with Crippen molar-refractivity contribution in [3.05, 3.63) is 52.2 Å². The number of aromatic nitrogens is 3. The van der Waals surface area contributed by atoms with E-state index >= 15 is 0 Å². The van der Waals surface area contributed by atoms with E-state index in [-0.39, 0.29) is 5.69 Å². The van der Waals surface area contributed by atoms with Crippen LogP contribution in [0.25, 0.3) is 11.0 Å². The summed E-state index contributed by atoms with van der Waals surface area (Å²) in [6.45, 7) is 2.97. The predicted molar refractivity (Wildman–Crippen MR) is 105 cm³/mol. The second-order valence-electron chi connectivity index (χ2n) is 6.61. The lowest BCUT2D eigenvalue weighted by molar-refractivity contribution is -0.384. The fraction of sp³-hybridized carbons (Fsp3) is 0.278. The van der Waals surface area contributed by atoms with Crippen molar-refractivity contribution in [3.8, 4) is 0 Å². The van der Waals surface area contributed by atoms with Crippen molar-refractivity contribution in [1.82, 2.24) is 15.0 Å². The zero-order valence-corrected chi connectivity index (χ0v) is 15.0. The molecule has 1 aliphatic rings. The third-order valence-corrected chi connectivity index (χ3v) is 4.81. The third-order valence-electron chi connectivity index (χ3n) is 4.81. The Morgan fingerprint density at radius 2 is 1.93 bits per heavy atom. The number of imidazole rings is 1. The van der Waals surface area contributed by atoms with Crippen LogP contribution in [0.1, 0.15) is 16.8 Å². The number of pyridine rings is 1. The molecule has 1 saturated heterocycles. The Kier molecular flexibility index (Phi) is 4.52. The van der Waals surface area contributed by atoms with Crippen LogP contribution in [0.3, 0.4) is 0 Å². The summed E-state index contributed by atoms with van der Waals surface area (Å²) in [5, 5.41) is 11.0. The van der Waals surface area contributed by atoms with Crippen LogP contribution in [0.15, 0.2) is 36.5 Å². The van der Waals surface area contributed by atoms with Crippen LogP contribution < -0.4 is 15.5 Å². The van der Waals surface area contributed by atoms with Gasteiger partial charge in [0.25, 0.3) is 5.69 Å². The Morgan fingerprint density at radius 3 is 2.71 bits per heavy atom. The van der Waals surface area contributed by atoms with E-state index in [9.17, 15) is 14.9 Å². The second kappa shape index (κ2) is 7.14. The highest BCUT2D eigenvalue weighted by atomic mass is 16.6. The fourth-order valence-electron chi connectivity index (χ4n) is 3.35. The first-order valence-electron chi connectivity index (χ1n) is 8.91. The number of hydrogen-bond acceptors (Lipinski definition) is 7. The van der Waals surface area contributed by atoms with E-state index in [4.69, 9.17) is 5.73 Å². The molecule has 0 spiro atoms. The predicted octanol–water partition coefficient (Wildman–Crippen LogP) is 1.68. The van der Waals surface area contributed by atoms with Crippen molar-refractivity contribution in [1.29, 1.82) is 0 Å². The average Bonchev–Trinajstić information content (AvgIpc) is 2.96. The molecule has 2 aromatic heterocycles. The first-order chi connectivity index (χ1) is 13.5. The number of nitrogens with one attached hydrogen (secondary N) is 1. The highest BCUT2D eigenvalue weighted by molar-refractivity contribution is 5.93. The normalized spacial score (nSPS) is 14.9. The number of nitrogens with two attached hydrogens (primary N) is 1. The van der Waals surface area contributed by atoms with Gasteiger partial charge in [-0.05, 0) is 24.6 Å². The van der Waals surface area contributed by atoms with Crippen LogP contribution >= 0.6 is 0 Å². The van der Waals surface area contributed by atoms with E-state index in [2.05, 4.69) is 24.8 Å². The van der Waals surface area contributed by atoms with Gasteiger partial charge in [-0.2, -0.15) is 0 Å². The molecule has 0 aliphatic carbocycles. The molecule has 10 heteroatoms. The van der Waals surface area contributed by atoms with Crippen molar-refractivity contribution in [2.75, 3.05) is 36.0 Å². The van der Waals surface area contributed by atoms with Crippen molar-refractivity contribution >= 4 is 34.4 Å². The number of fused-ring (bicyclic) bond motifs is 1. The minimum absolute atomic E-state index is 0.0325. The number of nitro benzene ring substituents is 1. The quantitative estimate of drug-likeness (QED) is 0.518. The Bertz CT molecular complexity index is 1050. The number of carbonyl (C=O) groups is 1. The number of nitrogens with zero attached hydrogens (tertiary/aromatic N) is 5. The monoisotopic (exact) mass is 381 g/mol. The molecule has 1 aliphatic heterocycles. The number of benzene rings is 1. The largest absolute Gasteiger partial charge is 0.366 e. The van der Waals surface area contributed by atoms with Gasteiger partial charge in [0.2, 0.25) is 11.9 Å². The molecule has 3 aromatic rings. The van der Waals surface area contributed by atoms with Gasteiger partial charge in [0, 0.05) is 50.1 Å². The van der Waals surface area contributed by atoms with Crippen molar-refractivity contribution in [3.63, 3.8) is 0 Å². The average molecular weight is 381 g/mol. The highest BCUT2D eigenvalue weighted by Gasteiger charge is 2.20. The van der Waals surface area contributed by atoms with Gasteiger partial charge < -0.3 is 20.5 Å². The van der Waals surface area contributed by atoms with Gasteiger partial charge in [0.05, 0.1) is 16.0 Å². The maximum absolute atomic E-state index is 11.4. The molecule has 0 saturated carbocycles. The van der Waals surface area contributed by atoms with Crippen molar-refractivity contribution < 1.29 is 9.72 Å². The number of H-pyrrole nitrogens is 1. The lowest BCUT2D eigenvalue weighted by Gasteiger charge is -2.22. The van der Waals surface area contributed by atoms with Gasteiger partial charge in [-0.15, -0.1) is 0 Å². The summed E-state index contributed by atoms with van der Waals surface area (Å²) in [7, 11) is 0. The molecule has 28 heavy (non-hydrogen) atoms. The van der Waals surface area contributed by atoms with E-state index in [1.807, 2.05) is 0 Å². The smallest absolute Gasteiger partial charge is 0.271 e. The Labute approximate surface area is 160 Å². The summed E-state index contributed by atoms with van der Waals surface area (Å²) in [4.78, 5) is 38.3. The van der Waals surface area contributed by atoms with Crippen LogP contribution in [-0.2, 0) is 0 Å². The summed E-state index contributed by atoms with van der Waals surface area (Å²) in [5.41, 5.74) is 7.16. The molecule has 4 rings (SSSR count). The molecule has 1 fully saturated rings. The Morgan fingerprint density at radius 1 is 1.14 bits per heavy atom. The van der Waals surface area contributed by atoms with Gasteiger partial charge in [-0.25, -0.2) is 9.97 Å². The first-order valence-corrected chi connectivity index (χ1v) is 8.91. The molecule has 1 amide bonds. The van der Waals surface area contributed by atoms with E-state index in [1.165, 1.54) is 12.1 Å². The zero-order chi connectivity index (χ0) is 19.7.